The van der Waals surface area contributed by atoms with Crippen LogP contribution in [0.3, 0.4) is 0 Å². The number of nitrogens with zero attached hydrogens (tertiary/aromatic N) is 5. The van der Waals surface area contributed by atoms with Gasteiger partial charge in [-0.05, 0) is 6.92 Å². The smallest absolute Gasteiger partial charge is 0.233 e. The molecule has 2 heterocycles. The standard InChI is InChI=1S/C8H10N6O2S/c1-2-17(15,16)13-7-3-8(11-5-10-7)14-6-9-4-12-14/h3-6H,2H2,1H3,(H,10,11,13). The highest BCUT2D eigenvalue weighted by Gasteiger charge is 2.09. The Balaban J connectivity index is 2.30. The number of hydrogen-bond acceptors (Lipinski definition) is 6. The van der Waals surface area contributed by atoms with Gasteiger partial charge in [-0.25, -0.2) is 28.1 Å². The molecule has 1 N–H and O–H groups in total. The van der Waals surface area contributed by atoms with Crippen LogP contribution in [0.15, 0.2) is 25.0 Å². The Morgan fingerprint density at radius 3 is 2.82 bits per heavy atom. The van der Waals surface area contributed by atoms with Crippen LogP contribution in [0.4, 0.5) is 5.82 Å². The van der Waals surface area contributed by atoms with E-state index in [2.05, 4.69) is 24.8 Å². The van der Waals surface area contributed by atoms with E-state index in [-0.39, 0.29) is 11.6 Å². The fraction of sp³-hybridized carbons (Fsp3) is 0.250. The second-order valence-electron chi connectivity index (χ2n) is 3.11. The van der Waals surface area contributed by atoms with Crippen LogP contribution in [0, 0.1) is 0 Å². The van der Waals surface area contributed by atoms with E-state index in [0.29, 0.717) is 5.82 Å². The molecule has 0 amide bonds. The average molecular weight is 254 g/mol. The Morgan fingerprint density at radius 1 is 1.35 bits per heavy atom. The highest BCUT2D eigenvalue weighted by atomic mass is 32.2. The van der Waals surface area contributed by atoms with Crippen LogP contribution in [0.5, 0.6) is 0 Å². The molecule has 0 saturated heterocycles. The van der Waals surface area contributed by atoms with E-state index in [1.54, 1.807) is 6.92 Å². The van der Waals surface area contributed by atoms with Crippen molar-refractivity contribution in [3.05, 3.63) is 25.0 Å². The molecule has 0 aliphatic heterocycles. The lowest BCUT2D eigenvalue weighted by molar-refractivity contribution is 0.602. The average Bonchev–Trinajstić information content (AvgIpc) is 2.82. The molecule has 0 aromatic carbocycles. The van der Waals surface area contributed by atoms with Gasteiger partial charge in [0.25, 0.3) is 0 Å². The third kappa shape index (κ3) is 2.75. The Kier molecular flexibility index (Phi) is 3.00. The van der Waals surface area contributed by atoms with Crippen molar-refractivity contribution in [2.45, 2.75) is 6.92 Å². The molecule has 9 heteroatoms. The van der Waals surface area contributed by atoms with Crippen molar-refractivity contribution in [2.75, 3.05) is 10.5 Å². The lowest BCUT2D eigenvalue weighted by Gasteiger charge is -2.05. The molecule has 0 radical (unpaired) electrons. The summed E-state index contributed by atoms with van der Waals surface area (Å²) < 4.78 is 26.5. The second-order valence-corrected chi connectivity index (χ2v) is 5.12. The van der Waals surface area contributed by atoms with Crippen LogP contribution in [0.2, 0.25) is 0 Å². The molecule has 0 atom stereocenters. The van der Waals surface area contributed by atoms with E-state index in [1.807, 2.05) is 0 Å². The monoisotopic (exact) mass is 254 g/mol. The van der Waals surface area contributed by atoms with Gasteiger partial charge < -0.3 is 0 Å². The largest absolute Gasteiger partial charge is 0.267 e. The first-order valence-electron chi connectivity index (χ1n) is 4.78. The molecule has 8 nitrogen and oxygen atoms in total. The first-order valence-corrected chi connectivity index (χ1v) is 6.43. The minimum Gasteiger partial charge on any atom is -0.267 e. The van der Waals surface area contributed by atoms with Crippen molar-refractivity contribution in [3.8, 4) is 5.82 Å². The molecule has 2 aromatic heterocycles. The summed E-state index contributed by atoms with van der Waals surface area (Å²) in [6.45, 7) is 1.54. The van der Waals surface area contributed by atoms with E-state index < -0.39 is 10.0 Å². The maximum absolute atomic E-state index is 11.4. The summed E-state index contributed by atoms with van der Waals surface area (Å²) in [6, 6.07) is 1.47. The summed E-state index contributed by atoms with van der Waals surface area (Å²) in [5, 5.41) is 3.88. The zero-order valence-electron chi connectivity index (χ0n) is 8.98. The predicted molar refractivity (Wildman–Crippen MR) is 60.0 cm³/mol. The number of aromatic nitrogens is 5. The van der Waals surface area contributed by atoms with Crippen LogP contribution in [-0.4, -0.2) is 38.9 Å². The van der Waals surface area contributed by atoms with Gasteiger partial charge in [0, 0.05) is 6.07 Å². The van der Waals surface area contributed by atoms with E-state index in [0.717, 1.165) is 0 Å². The molecule has 90 valence electrons. The first kappa shape index (κ1) is 11.5. The van der Waals surface area contributed by atoms with Gasteiger partial charge >= 0.3 is 0 Å². The highest BCUT2D eigenvalue weighted by Crippen LogP contribution is 2.08. The van der Waals surface area contributed by atoms with Crippen LogP contribution < -0.4 is 4.72 Å². The van der Waals surface area contributed by atoms with Gasteiger partial charge in [0.05, 0.1) is 5.75 Å². The maximum Gasteiger partial charge on any atom is 0.233 e. The third-order valence-electron chi connectivity index (χ3n) is 1.95. The zero-order valence-corrected chi connectivity index (χ0v) is 9.79. The van der Waals surface area contributed by atoms with Crippen molar-refractivity contribution in [3.63, 3.8) is 0 Å². The third-order valence-corrected chi connectivity index (χ3v) is 3.23. The summed E-state index contributed by atoms with van der Waals surface area (Å²) in [5.74, 6) is 0.619. The molecule has 0 aliphatic rings. The van der Waals surface area contributed by atoms with Crippen molar-refractivity contribution < 1.29 is 8.42 Å². The summed E-state index contributed by atoms with van der Waals surface area (Å²) >= 11 is 0. The summed E-state index contributed by atoms with van der Waals surface area (Å²) in [6.07, 6.45) is 4.07. The highest BCUT2D eigenvalue weighted by molar-refractivity contribution is 7.92. The molecular weight excluding hydrogens is 244 g/mol. The second kappa shape index (κ2) is 4.45. The van der Waals surface area contributed by atoms with Crippen molar-refractivity contribution in [1.29, 1.82) is 0 Å². The molecule has 0 spiro atoms. The predicted octanol–water partition coefficient (Wildman–Crippen LogP) is -0.181. The number of anilines is 1. The molecule has 0 unspecified atom stereocenters. The molecule has 0 saturated carbocycles. The zero-order chi connectivity index (χ0) is 12.3. The lowest BCUT2D eigenvalue weighted by Crippen LogP contribution is -2.16. The van der Waals surface area contributed by atoms with Gasteiger partial charge in [0.15, 0.2) is 5.82 Å². The fourth-order valence-electron chi connectivity index (χ4n) is 1.09. The van der Waals surface area contributed by atoms with Crippen LogP contribution >= 0.6 is 0 Å². The molecule has 0 aliphatic carbocycles. The Hall–Kier alpha value is -2.03. The van der Waals surface area contributed by atoms with Gasteiger partial charge in [0.1, 0.15) is 24.8 Å². The van der Waals surface area contributed by atoms with Crippen molar-refractivity contribution in [1.82, 2.24) is 24.7 Å². The summed E-state index contributed by atoms with van der Waals surface area (Å²) in [5.41, 5.74) is 0. The minimum atomic E-state index is -3.34. The molecule has 0 fully saturated rings. The van der Waals surface area contributed by atoms with E-state index in [1.165, 1.54) is 29.7 Å². The summed E-state index contributed by atoms with van der Waals surface area (Å²) in [4.78, 5) is 11.5. The van der Waals surface area contributed by atoms with Gasteiger partial charge in [0.2, 0.25) is 10.0 Å². The SMILES string of the molecule is CCS(=O)(=O)Nc1cc(-n2cncn2)ncn1. The van der Waals surface area contributed by atoms with E-state index >= 15 is 0 Å². The van der Waals surface area contributed by atoms with Crippen LogP contribution in [-0.2, 0) is 10.0 Å². The van der Waals surface area contributed by atoms with E-state index in [4.69, 9.17) is 0 Å². The van der Waals surface area contributed by atoms with Crippen molar-refractivity contribution in [2.24, 2.45) is 0 Å². The lowest BCUT2D eigenvalue weighted by atomic mass is 10.5. The first-order chi connectivity index (χ1) is 8.11. The van der Waals surface area contributed by atoms with Crippen LogP contribution in [0.25, 0.3) is 5.82 Å². The fourth-order valence-corrected chi connectivity index (χ4v) is 1.66. The Morgan fingerprint density at radius 2 is 2.18 bits per heavy atom. The normalized spacial score (nSPS) is 11.4. The van der Waals surface area contributed by atoms with Gasteiger partial charge in [-0.3, -0.25) is 4.72 Å². The Bertz CT molecular complexity index is 594. The summed E-state index contributed by atoms with van der Waals surface area (Å²) in [7, 11) is -3.34. The minimum absolute atomic E-state index is 0.0182. The van der Waals surface area contributed by atoms with E-state index in [9.17, 15) is 8.42 Å². The number of rotatable bonds is 4. The number of hydrogen-bond donors (Lipinski definition) is 1. The van der Waals surface area contributed by atoms with Crippen molar-refractivity contribution >= 4 is 15.8 Å². The molecule has 17 heavy (non-hydrogen) atoms. The van der Waals surface area contributed by atoms with Gasteiger partial charge in [-0.15, -0.1) is 0 Å². The Labute approximate surface area is 97.8 Å². The maximum atomic E-state index is 11.4. The molecular formula is C8H10N6O2S. The molecule has 2 rings (SSSR count). The van der Waals surface area contributed by atoms with Crippen LogP contribution in [0.1, 0.15) is 6.92 Å². The molecule has 0 bridgehead atoms. The quantitative estimate of drug-likeness (QED) is 0.811. The number of sulfonamides is 1. The molecule has 2 aromatic rings. The topological polar surface area (TPSA) is 103 Å². The number of nitrogens with one attached hydrogen (secondary N) is 1. The van der Waals surface area contributed by atoms with Gasteiger partial charge in [-0.2, -0.15) is 5.10 Å². The van der Waals surface area contributed by atoms with Gasteiger partial charge in [-0.1, -0.05) is 0 Å².